The second-order valence-corrected chi connectivity index (χ2v) is 2.09. The van der Waals surface area contributed by atoms with E-state index in [1.54, 1.807) is 7.11 Å². The standard InChI is InChI=1S/C7H14FNO3/c1-11-4-5-12-3-2-9-7(10)6-8/h2-6H2,1H3,(H,9,10). The largest absolute Gasteiger partial charge is 0.382 e. The molecule has 0 aromatic carbocycles. The summed E-state index contributed by atoms with van der Waals surface area (Å²) >= 11 is 0. The Balaban J connectivity index is 2.95. The van der Waals surface area contributed by atoms with Gasteiger partial charge in [-0.1, -0.05) is 0 Å². The zero-order chi connectivity index (χ0) is 9.23. The Kier molecular flexibility index (Phi) is 7.94. The van der Waals surface area contributed by atoms with Crippen molar-refractivity contribution in [2.45, 2.75) is 0 Å². The molecule has 1 N–H and O–H groups in total. The fourth-order valence-electron chi connectivity index (χ4n) is 0.554. The minimum atomic E-state index is -0.974. The lowest BCUT2D eigenvalue weighted by atomic mass is 10.6. The van der Waals surface area contributed by atoms with Gasteiger partial charge in [0, 0.05) is 13.7 Å². The second-order valence-electron chi connectivity index (χ2n) is 2.09. The van der Waals surface area contributed by atoms with E-state index in [-0.39, 0.29) is 0 Å². The summed E-state index contributed by atoms with van der Waals surface area (Å²) in [6, 6.07) is 0. The van der Waals surface area contributed by atoms with Crippen LogP contribution >= 0.6 is 0 Å². The molecule has 0 saturated carbocycles. The molecule has 0 aliphatic heterocycles. The van der Waals surface area contributed by atoms with Crippen molar-refractivity contribution in [3.63, 3.8) is 0 Å². The van der Waals surface area contributed by atoms with E-state index >= 15 is 0 Å². The fourth-order valence-corrected chi connectivity index (χ4v) is 0.554. The average Bonchev–Trinajstić information content (AvgIpc) is 2.10. The zero-order valence-corrected chi connectivity index (χ0v) is 7.14. The van der Waals surface area contributed by atoms with Gasteiger partial charge in [0.2, 0.25) is 0 Å². The van der Waals surface area contributed by atoms with E-state index in [2.05, 4.69) is 5.32 Å². The molecule has 0 heterocycles. The van der Waals surface area contributed by atoms with E-state index < -0.39 is 12.6 Å². The lowest BCUT2D eigenvalue weighted by Gasteiger charge is -2.03. The van der Waals surface area contributed by atoms with Crippen LogP contribution in [0.1, 0.15) is 0 Å². The minimum absolute atomic E-state index is 0.340. The van der Waals surface area contributed by atoms with Crippen molar-refractivity contribution in [1.82, 2.24) is 5.32 Å². The number of amides is 1. The Labute approximate surface area is 71.0 Å². The summed E-state index contributed by atoms with van der Waals surface area (Å²) in [5.41, 5.74) is 0. The van der Waals surface area contributed by atoms with Gasteiger partial charge in [-0.05, 0) is 0 Å². The van der Waals surface area contributed by atoms with Crippen LogP contribution in [0.15, 0.2) is 0 Å². The molecule has 1 amide bonds. The maximum atomic E-state index is 11.5. The summed E-state index contributed by atoms with van der Waals surface area (Å²) in [5, 5.41) is 2.33. The zero-order valence-electron chi connectivity index (χ0n) is 7.14. The molecule has 0 rings (SSSR count). The SMILES string of the molecule is COCCOCCNC(=O)CF. The maximum absolute atomic E-state index is 11.5. The van der Waals surface area contributed by atoms with Gasteiger partial charge in [-0.2, -0.15) is 0 Å². The molecule has 0 saturated heterocycles. The van der Waals surface area contributed by atoms with Crippen molar-refractivity contribution in [3.05, 3.63) is 0 Å². The third-order valence-electron chi connectivity index (χ3n) is 1.12. The van der Waals surface area contributed by atoms with Crippen LogP contribution < -0.4 is 5.32 Å². The molecule has 0 aromatic rings. The molecule has 12 heavy (non-hydrogen) atoms. The van der Waals surface area contributed by atoms with Crippen LogP contribution in [0, 0.1) is 0 Å². The summed E-state index contributed by atoms with van der Waals surface area (Å²) in [6.07, 6.45) is 0. The summed E-state index contributed by atoms with van der Waals surface area (Å²) < 4.78 is 21.3. The molecule has 0 radical (unpaired) electrons. The number of carbonyl (C=O) groups is 1. The van der Waals surface area contributed by atoms with Gasteiger partial charge in [0.15, 0.2) is 6.67 Å². The first-order valence-corrected chi connectivity index (χ1v) is 3.70. The highest BCUT2D eigenvalue weighted by atomic mass is 19.1. The molecule has 0 bridgehead atoms. The van der Waals surface area contributed by atoms with E-state index in [0.29, 0.717) is 26.4 Å². The third kappa shape index (κ3) is 7.43. The minimum Gasteiger partial charge on any atom is -0.382 e. The fraction of sp³-hybridized carbons (Fsp3) is 0.857. The highest BCUT2D eigenvalue weighted by Crippen LogP contribution is 1.75. The van der Waals surface area contributed by atoms with Gasteiger partial charge >= 0.3 is 0 Å². The topological polar surface area (TPSA) is 47.6 Å². The molecule has 0 aromatic heterocycles. The van der Waals surface area contributed by atoms with Gasteiger partial charge in [-0.3, -0.25) is 4.79 Å². The molecule has 0 fully saturated rings. The van der Waals surface area contributed by atoms with E-state index in [1.807, 2.05) is 0 Å². The number of halogens is 1. The molecule has 0 aliphatic rings. The van der Waals surface area contributed by atoms with E-state index in [4.69, 9.17) is 9.47 Å². The van der Waals surface area contributed by atoms with E-state index in [9.17, 15) is 9.18 Å². The number of hydrogen-bond donors (Lipinski definition) is 1. The Bertz CT molecular complexity index is 121. The predicted molar refractivity (Wildman–Crippen MR) is 41.7 cm³/mol. The predicted octanol–water partition coefficient (Wildman–Crippen LogP) is -0.265. The second kappa shape index (κ2) is 8.42. The van der Waals surface area contributed by atoms with Crippen LogP contribution in [0.4, 0.5) is 4.39 Å². The lowest BCUT2D eigenvalue weighted by Crippen LogP contribution is -2.28. The van der Waals surface area contributed by atoms with Gasteiger partial charge in [-0.25, -0.2) is 4.39 Å². The summed E-state index contributed by atoms with van der Waals surface area (Å²) in [6.45, 7) is 0.763. The first-order valence-electron chi connectivity index (χ1n) is 3.70. The molecule has 4 nitrogen and oxygen atoms in total. The summed E-state index contributed by atoms with van der Waals surface area (Å²) in [5.74, 6) is -0.606. The average molecular weight is 179 g/mol. The van der Waals surface area contributed by atoms with Crippen molar-refractivity contribution < 1.29 is 18.7 Å². The normalized spacial score (nSPS) is 9.83. The molecular formula is C7H14FNO3. The third-order valence-corrected chi connectivity index (χ3v) is 1.12. The van der Waals surface area contributed by atoms with E-state index in [1.165, 1.54) is 0 Å². The smallest absolute Gasteiger partial charge is 0.251 e. The molecule has 0 atom stereocenters. The number of methoxy groups -OCH3 is 1. The Morgan fingerprint density at radius 1 is 1.42 bits per heavy atom. The van der Waals surface area contributed by atoms with Gasteiger partial charge in [0.25, 0.3) is 5.91 Å². The number of rotatable bonds is 7. The van der Waals surface area contributed by atoms with Crippen LogP contribution in [0.2, 0.25) is 0 Å². The monoisotopic (exact) mass is 179 g/mol. The van der Waals surface area contributed by atoms with Gasteiger partial charge < -0.3 is 14.8 Å². The first kappa shape index (κ1) is 11.3. The molecular weight excluding hydrogens is 165 g/mol. The van der Waals surface area contributed by atoms with Crippen LogP contribution in [-0.4, -0.2) is 46.1 Å². The number of ether oxygens (including phenoxy) is 2. The number of hydrogen-bond acceptors (Lipinski definition) is 3. The Morgan fingerprint density at radius 3 is 2.75 bits per heavy atom. The van der Waals surface area contributed by atoms with Gasteiger partial charge in [-0.15, -0.1) is 0 Å². The van der Waals surface area contributed by atoms with Gasteiger partial charge in [0.05, 0.1) is 19.8 Å². The number of carbonyl (C=O) groups excluding carboxylic acids is 1. The molecule has 0 unspecified atom stereocenters. The van der Waals surface area contributed by atoms with Crippen molar-refractivity contribution in [1.29, 1.82) is 0 Å². The lowest BCUT2D eigenvalue weighted by molar-refractivity contribution is -0.122. The Hall–Kier alpha value is -0.680. The van der Waals surface area contributed by atoms with Crippen LogP contribution in [0.25, 0.3) is 0 Å². The number of nitrogens with one attached hydrogen (secondary N) is 1. The first-order chi connectivity index (χ1) is 5.81. The highest BCUT2D eigenvalue weighted by Gasteiger charge is 1.96. The van der Waals surface area contributed by atoms with E-state index in [0.717, 1.165) is 0 Å². The van der Waals surface area contributed by atoms with Gasteiger partial charge in [0.1, 0.15) is 0 Å². The van der Waals surface area contributed by atoms with Crippen LogP contribution in [0.5, 0.6) is 0 Å². The summed E-state index contributed by atoms with van der Waals surface area (Å²) in [7, 11) is 1.58. The molecule has 5 heteroatoms. The quantitative estimate of drug-likeness (QED) is 0.547. The number of alkyl halides is 1. The summed E-state index contributed by atoms with van der Waals surface area (Å²) in [4.78, 5) is 10.3. The molecule has 0 aliphatic carbocycles. The van der Waals surface area contributed by atoms with Crippen molar-refractivity contribution in [2.75, 3.05) is 40.1 Å². The molecule has 0 spiro atoms. The van der Waals surface area contributed by atoms with Crippen LogP contribution in [0.3, 0.4) is 0 Å². The van der Waals surface area contributed by atoms with Crippen molar-refractivity contribution in [3.8, 4) is 0 Å². The Morgan fingerprint density at radius 2 is 2.17 bits per heavy atom. The van der Waals surface area contributed by atoms with Crippen LogP contribution in [-0.2, 0) is 14.3 Å². The van der Waals surface area contributed by atoms with Crippen molar-refractivity contribution >= 4 is 5.91 Å². The van der Waals surface area contributed by atoms with Crippen molar-refractivity contribution in [2.24, 2.45) is 0 Å². The molecule has 72 valence electrons. The highest BCUT2D eigenvalue weighted by molar-refractivity contribution is 5.76. The maximum Gasteiger partial charge on any atom is 0.251 e.